The summed E-state index contributed by atoms with van der Waals surface area (Å²) in [4.78, 5) is 12.0. The van der Waals surface area contributed by atoms with Gasteiger partial charge in [0.15, 0.2) is 0 Å². The van der Waals surface area contributed by atoms with Crippen molar-refractivity contribution in [1.29, 1.82) is 0 Å². The molecule has 26 heavy (non-hydrogen) atoms. The van der Waals surface area contributed by atoms with Crippen LogP contribution < -0.4 is 15.4 Å². The monoisotopic (exact) mass is 364 g/mol. The standard InChI is InChI=1S/C19H19F3N2O2/c20-19(21,22)26-17-6-2-13(3-7-17)4-8-18(25)24-10-14-1-5-15-11-23-12-16(15)9-14/h1-3,5-7,9,23H,4,8,10-12H2,(H,24,25). The highest BCUT2D eigenvalue weighted by Gasteiger charge is 2.30. The van der Waals surface area contributed by atoms with Crippen LogP contribution in [-0.4, -0.2) is 12.3 Å². The Morgan fingerprint density at radius 1 is 1.04 bits per heavy atom. The minimum Gasteiger partial charge on any atom is -0.406 e. The van der Waals surface area contributed by atoms with Gasteiger partial charge >= 0.3 is 6.36 Å². The van der Waals surface area contributed by atoms with Crippen LogP contribution in [0.5, 0.6) is 5.75 Å². The first-order valence-electron chi connectivity index (χ1n) is 8.32. The zero-order chi connectivity index (χ0) is 18.6. The van der Waals surface area contributed by atoms with Gasteiger partial charge in [-0.2, -0.15) is 0 Å². The molecule has 0 fully saturated rings. The normalized spacial score (nSPS) is 13.3. The lowest BCUT2D eigenvalue weighted by Crippen LogP contribution is -2.23. The Labute approximate surface area is 149 Å². The molecule has 0 saturated heterocycles. The fourth-order valence-corrected chi connectivity index (χ4v) is 2.86. The van der Waals surface area contributed by atoms with Gasteiger partial charge in [-0.15, -0.1) is 13.2 Å². The van der Waals surface area contributed by atoms with Crippen LogP contribution in [0.3, 0.4) is 0 Å². The number of halogens is 3. The summed E-state index contributed by atoms with van der Waals surface area (Å²) in [6, 6.07) is 11.7. The molecule has 4 nitrogen and oxygen atoms in total. The van der Waals surface area contributed by atoms with E-state index >= 15 is 0 Å². The summed E-state index contributed by atoms with van der Waals surface area (Å²) >= 11 is 0. The van der Waals surface area contributed by atoms with Gasteiger partial charge in [-0.3, -0.25) is 4.79 Å². The molecule has 2 aromatic rings. The molecule has 7 heteroatoms. The molecule has 3 rings (SSSR count). The fraction of sp³-hybridized carbons (Fsp3) is 0.316. The Balaban J connectivity index is 1.44. The highest BCUT2D eigenvalue weighted by molar-refractivity contribution is 5.76. The Hall–Kier alpha value is -2.54. The summed E-state index contributed by atoms with van der Waals surface area (Å²) in [6.45, 7) is 2.20. The van der Waals surface area contributed by atoms with Crippen molar-refractivity contribution in [2.24, 2.45) is 0 Å². The maximum atomic E-state index is 12.1. The average Bonchev–Trinajstić information content (AvgIpc) is 3.05. The van der Waals surface area contributed by atoms with E-state index in [4.69, 9.17) is 0 Å². The van der Waals surface area contributed by atoms with Crippen molar-refractivity contribution in [2.75, 3.05) is 0 Å². The first-order valence-corrected chi connectivity index (χ1v) is 8.32. The topological polar surface area (TPSA) is 50.4 Å². The summed E-state index contributed by atoms with van der Waals surface area (Å²) in [5, 5.41) is 6.15. The van der Waals surface area contributed by atoms with Crippen molar-refractivity contribution in [1.82, 2.24) is 10.6 Å². The predicted molar refractivity (Wildman–Crippen MR) is 90.3 cm³/mol. The zero-order valence-electron chi connectivity index (χ0n) is 14.0. The van der Waals surface area contributed by atoms with Crippen LogP contribution in [0.25, 0.3) is 0 Å². The molecule has 1 heterocycles. The van der Waals surface area contributed by atoms with E-state index in [0.717, 1.165) is 24.2 Å². The maximum Gasteiger partial charge on any atom is 0.573 e. The molecule has 2 aromatic carbocycles. The largest absolute Gasteiger partial charge is 0.573 e. The number of amides is 1. The SMILES string of the molecule is O=C(CCc1ccc(OC(F)(F)F)cc1)NCc1ccc2c(c1)CNC2. The molecular weight excluding hydrogens is 345 g/mol. The number of hydrogen-bond acceptors (Lipinski definition) is 3. The molecular formula is C19H19F3N2O2. The van der Waals surface area contributed by atoms with Crippen LogP contribution >= 0.6 is 0 Å². The number of hydrogen-bond donors (Lipinski definition) is 2. The van der Waals surface area contributed by atoms with Crippen LogP contribution in [-0.2, 0) is 30.8 Å². The van der Waals surface area contributed by atoms with E-state index in [1.165, 1.54) is 35.4 Å². The van der Waals surface area contributed by atoms with E-state index in [2.05, 4.69) is 27.5 Å². The highest BCUT2D eigenvalue weighted by atomic mass is 19.4. The van der Waals surface area contributed by atoms with E-state index in [0.29, 0.717) is 13.0 Å². The molecule has 0 aromatic heterocycles. The average molecular weight is 364 g/mol. The molecule has 0 atom stereocenters. The van der Waals surface area contributed by atoms with Crippen molar-refractivity contribution in [3.05, 3.63) is 64.7 Å². The minimum absolute atomic E-state index is 0.0979. The van der Waals surface area contributed by atoms with Crippen LogP contribution in [0, 0.1) is 0 Å². The Morgan fingerprint density at radius 2 is 1.73 bits per heavy atom. The van der Waals surface area contributed by atoms with Gasteiger partial charge in [-0.25, -0.2) is 0 Å². The Bertz CT molecular complexity index is 773. The fourth-order valence-electron chi connectivity index (χ4n) is 2.86. The molecule has 0 aliphatic carbocycles. The number of fused-ring (bicyclic) bond motifs is 1. The lowest BCUT2D eigenvalue weighted by Gasteiger charge is -2.09. The van der Waals surface area contributed by atoms with Crippen molar-refractivity contribution >= 4 is 5.91 Å². The number of carbonyl (C=O) groups excluding carboxylic acids is 1. The second-order valence-corrected chi connectivity index (χ2v) is 6.18. The first-order chi connectivity index (χ1) is 12.4. The third-order valence-electron chi connectivity index (χ3n) is 4.19. The zero-order valence-corrected chi connectivity index (χ0v) is 14.0. The third kappa shape index (κ3) is 5.23. The van der Waals surface area contributed by atoms with Gasteiger partial charge < -0.3 is 15.4 Å². The van der Waals surface area contributed by atoms with Crippen molar-refractivity contribution in [3.63, 3.8) is 0 Å². The highest BCUT2D eigenvalue weighted by Crippen LogP contribution is 2.23. The smallest absolute Gasteiger partial charge is 0.406 e. The van der Waals surface area contributed by atoms with Crippen LogP contribution in [0.15, 0.2) is 42.5 Å². The number of benzene rings is 2. The summed E-state index contributed by atoms with van der Waals surface area (Å²) in [7, 11) is 0. The number of aryl methyl sites for hydroxylation is 1. The molecule has 0 bridgehead atoms. The predicted octanol–water partition coefficient (Wildman–Crippen LogP) is 3.44. The molecule has 0 spiro atoms. The van der Waals surface area contributed by atoms with Crippen LogP contribution in [0.4, 0.5) is 13.2 Å². The molecule has 1 amide bonds. The molecule has 1 aliphatic heterocycles. The Kier molecular flexibility index (Phi) is 5.46. The van der Waals surface area contributed by atoms with Gasteiger partial charge in [-0.1, -0.05) is 30.3 Å². The van der Waals surface area contributed by atoms with Gasteiger partial charge in [0.2, 0.25) is 5.91 Å². The summed E-state index contributed by atoms with van der Waals surface area (Å²) < 4.78 is 40.2. The molecule has 138 valence electrons. The quantitative estimate of drug-likeness (QED) is 0.826. The van der Waals surface area contributed by atoms with Gasteiger partial charge in [0, 0.05) is 26.1 Å². The molecule has 0 unspecified atom stereocenters. The van der Waals surface area contributed by atoms with E-state index in [1.54, 1.807) is 0 Å². The van der Waals surface area contributed by atoms with Crippen molar-refractivity contribution in [3.8, 4) is 5.75 Å². The van der Waals surface area contributed by atoms with Gasteiger partial charge in [-0.05, 0) is 40.8 Å². The summed E-state index contributed by atoms with van der Waals surface area (Å²) in [5.41, 5.74) is 4.38. The summed E-state index contributed by atoms with van der Waals surface area (Å²) in [5.74, 6) is -0.365. The van der Waals surface area contributed by atoms with E-state index < -0.39 is 6.36 Å². The van der Waals surface area contributed by atoms with E-state index in [1.807, 2.05) is 6.07 Å². The minimum atomic E-state index is -4.70. The van der Waals surface area contributed by atoms with Crippen LogP contribution in [0.1, 0.15) is 28.7 Å². The summed E-state index contributed by atoms with van der Waals surface area (Å²) in [6.07, 6.45) is -3.98. The number of rotatable bonds is 6. The first kappa shape index (κ1) is 18.3. The molecule has 0 saturated carbocycles. The van der Waals surface area contributed by atoms with Gasteiger partial charge in [0.25, 0.3) is 0 Å². The third-order valence-corrected chi connectivity index (χ3v) is 4.19. The number of alkyl halides is 3. The number of ether oxygens (including phenoxy) is 1. The Morgan fingerprint density at radius 3 is 2.46 bits per heavy atom. The number of carbonyl (C=O) groups is 1. The van der Waals surface area contributed by atoms with Crippen molar-refractivity contribution in [2.45, 2.75) is 38.8 Å². The molecule has 0 radical (unpaired) electrons. The van der Waals surface area contributed by atoms with Gasteiger partial charge in [0.1, 0.15) is 5.75 Å². The second kappa shape index (κ2) is 7.78. The lowest BCUT2D eigenvalue weighted by molar-refractivity contribution is -0.274. The lowest BCUT2D eigenvalue weighted by atomic mass is 10.1. The molecule has 2 N–H and O–H groups in total. The van der Waals surface area contributed by atoms with E-state index in [9.17, 15) is 18.0 Å². The number of nitrogens with one attached hydrogen (secondary N) is 2. The van der Waals surface area contributed by atoms with Crippen LogP contribution in [0.2, 0.25) is 0 Å². The van der Waals surface area contributed by atoms with Crippen molar-refractivity contribution < 1.29 is 22.7 Å². The van der Waals surface area contributed by atoms with E-state index in [-0.39, 0.29) is 18.1 Å². The molecule has 1 aliphatic rings. The maximum absolute atomic E-state index is 12.1. The van der Waals surface area contributed by atoms with Gasteiger partial charge in [0.05, 0.1) is 0 Å². The second-order valence-electron chi connectivity index (χ2n) is 6.18.